The van der Waals surface area contributed by atoms with Gasteiger partial charge in [-0.3, -0.25) is 4.90 Å². The van der Waals surface area contributed by atoms with E-state index >= 15 is 0 Å². The van der Waals surface area contributed by atoms with E-state index < -0.39 is 0 Å². The molecule has 0 spiro atoms. The molecule has 0 radical (unpaired) electrons. The molecule has 0 fully saturated rings. The Hall–Kier alpha value is -2.54. The van der Waals surface area contributed by atoms with Crippen molar-refractivity contribution >= 4 is 0 Å². The van der Waals surface area contributed by atoms with Gasteiger partial charge in [0.25, 0.3) is 0 Å². The number of benzene rings is 1. The van der Waals surface area contributed by atoms with Crippen LogP contribution in [-0.4, -0.2) is 25.0 Å². The maximum Gasteiger partial charge on any atom is 0.244 e. The lowest BCUT2D eigenvalue weighted by Gasteiger charge is -2.32. The second-order valence-corrected chi connectivity index (χ2v) is 6.72. The van der Waals surface area contributed by atoms with Gasteiger partial charge < -0.3 is 9.51 Å². The van der Waals surface area contributed by atoms with Crippen molar-refractivity contribution in [1.29, 1.82) is 0 Å². The lowest BCUT2D eigenvalue weighted by atomic mass is 10.0. The molecule has 0 bridgehead atoms. The topological polar surface area (TPSA) is 70.8 Å². The minimum atomic E-state index is -0.228. The van der Waals surface area contributed by atoms with E-state index in [1.54, 1.807) is 6.33 Å². The van der Waals surface area contributed by atoms with Gasteiger partial charge in [0.05, 0.1) is 23.8 Å². The summed E-state index contributed by atoms with van der Waals surface area (Å²) in [6.07, 6.45) is 2.43. The predicted octanol–water partition coefficient (Wildman–Crippen LogP) is 3.35. The Labute approximate surface area is 145 Å². The van der Waals surface area contributed by atoms with Crippen LogP contribution in [0, 0.1) is 5.82 Å². The minimum Gasteiger partial charge on any atom is -0.347 e. The molecule has 1 aliphatic rings. The van der Waals surface area contributed by atoms with Gasteiger partial charge in [0.1, 0.15) is 5.82 Å². The quantitative estimate of drug-likeness (QED) is 0.788. The molecule has 3 aromatic rings. The fourth-order valence-corrected chi connectivity index (χ4v) is 3.14. The molecule has 1 N–H and O–H groups in total. The van der Waals surface area contributed by atoms with Crippen molar-refractivity contribution in [2.24, 2.45) is 0 Å². The van der Waals surface area contributed by atoms with Gasteiger partial charge in [-0.05, 0) is 17.7 Å². The number of rotatable bonds is 4. The second kappa shape index (κ2) is 6.40. The third-order valence-corrected chi connectivity index (χ3v) is 4.55. The minimum absolute atomic E-state index is 0.0409. The van der Waals surface area contributed by atoms with Gasteiger partial charge >= 0.3 is 0 Å². The predicted molar refractivity (Wildman–Crippen MR) is 89.1 cm³/mol. The molecule has 4 rings (SSSR count). The SMILES string of the molecule is CC(C)c1noc(C2Cc3nc[nH]c3CN2Cc2ccc(F)cc2)n1. The Morgan fingerprint density at radius 1 is 1.32 bits per heavy atom. The van der Waals surface area contributed by atoms with E-state index in [0.717, 1.165) is 17.0 Å². The first-order valence-electron chi connectivity index (χ1n) is 8.43. The lowest BCUT2D eigenvalue weighted by molar-refractivity contribution is 0.128. The van der Waals surface area contributed by atoms with Crippen LogP contribution < -0.4 is 0 Å². The van der Waals surface area contributed by atoms with Crippen LogP contribution in [0.25, 0.3) is 0 Å². The summed E-state index contributed by atoms with van der Waals surface area (Å²) in [5, 5.41) is 4.10. The Bertz CT molecular complexity index is 854. The van der Waals surface area contributed by atoms with Crippen LogP contribution in [0.15, 0.2) is 35.1 Å². The Kier molecular flexibility index (Phi) is 4.09. The molecule has 0 aliphatic carbocycles. The van der Waals surface area contributed by atoms with Crippen molar-refractivity contribution < 1.29 is 8.91 Å². The molecule has 130 valence electrons. The summed E-state index contributed by atoms with van der Waals surface area (Å²) in [4.78, 5) is 14.4. The van der Waals surface area contributed by atoms with Crippen molar-refractivity contribution in [2.75, 3.05) is 0 Å². The highest BCUT2D eigenvalue weighted by Gasteiger charge is 2.33. The highest BCUT2D eigenvalue weighted by Crippen LogP contribution is 2.32. The van der Waals surface area contributed by atoms with Gasteiger partial charge in [0.2, 0.25) is 5.89 Å². The average molecular weight is 341 g/mol. The van der Waals surface area contributed by atoms with E-state index in [1.165, 1.54) is 12.1 Å². The largest absolute Gasteiger partial charge is 0.347 e. The lowest BCUT2D eigenvalue weighted by Crippen LogP contribution is -2.34. The molecular formula is C18H20FN5O. The molecule has 25 heavy (non-hydrogen) atoms. The molecule has 1 atom stereocenters. The molecule has 1 aromatic carbocycles. The molecule has 7 heteroatoms. The zero-order valence-electron chi connectivity index (χ0n) is 14.2. The van der Waals surface area contributed by atoms with Gasteiger partial charge in [-0.1, -0.05) is 31.1 Å². The van der Waals surface area contributed by atoms with Crippen LogP contribution in [0.2, 0.25) is 0 Å². The molecule has 0 amide bonds. The van der Waals surface area contributed by atoms with Crippen molar-refractivity contribution in [2.45, 2.75) is 45.3 Å². The summed E-state index contributed by atoms with van der Waals surface area (Å²) >= 11 is 0. The van der Waals surface area contributed by atoms with Crippen LogP contribution >= 0.6 is 0 Å². The van der Waals surface area contributed by atoms with E-state index in [1.807, 2.05) is 26.0 Å². The highest BCUT2D eigenvalue weighted by molar-refractivity contribution is 5.21. The molecule has 0 saturated heterocycles. The van der Waals surface area contributed by atoms with Gasteiger partial charge in [-0.25, -0.2) is 9.37 Å². The third-order valence-electron chi connectivity index (χ3n) is 4.55. The maximum atomic E-state index is 13.2. The van der Waals surface area contributed by atoms with E-state index in [4.69, 9.17) is 4.52 Å². The van der Waals surface area contributed by atoms with Crippen molar-refractivity contribution in [3.05, 3.63) is 65.1 Å². The smallest absolute Gasteiger partial charge is 0.244 e. The molecule has 3 heterocycles. The number of H-pyrrole nitrogens is 1. The second-order valence-electron chi connectivity index (χ2n) is 6.72. The Balaban J connectivity index is 1.64. The molecule has 2 aromatic heterocycles. The van der Waals surface area contributed by atoms with Crippen molar-refractivity contribution in [3.63, 3.8) is 0 Å². The average Bonchev–Trinajstić information content (AvgIpc) is 3.24. The Morgan fingerprint density at radius 3 is 2.84 bits per heavy atom. The van der Waals surface area contributed by atoms with Crippen LogP contribution in [-0.2, 0) is 19.5 Å². The summed E-state index contributed by atoms with van der Waals surface area (Å²) in [7, 11) is 0. The standard InChI is InChI=1S/C18H20FN5O/c1-11(2)17-22-18(25-23-17)16-7-14-15(21-10-20-14)9-24(16)8-12-3-5-13(19)6-4-12/h3-6,10-11,16H,7-9H2,1-2H3,(H,20,21). The fraction of sp³-hybridized carbons (Fsp3) is 0.389. The van der Waals surface area contributed by atoms with Crippen LogP contribution in [0.1, 0.15) is 54.5 Å². The number of aromatic amines is 1. The van der Waals surface area contributed by atoms with Gasteiger partial charge in [0.15, 0.2) is 5.82 Å². The number of imidazole rings is 1. The summed E-state index contributed by atoms with van der Waals surface area (Å²) in [5.74, 6) is 1.31. The number of fused-ring (bicyclic) bond motifs is 1. The van der Waals surface area contributed by atoms with Gasteiger partial charge in [0, 0.05) is 25.4 Å². The summed E-state index contributed by atoms with van der Waals surface area (Å²) in [6, 6.07) is 6.55. The number of halogens is 1. The number of nitrogens with zero attached hydrogens (tertiary/aromatic N) is 4. The van der Waals surface area contributed by atoms with E-state index in [-0.39, 0.29) is 17.8 Å². The number of hydrogen-bond acceptors (Lipinski definition) is 5. The van der Waals surface area contributed by atoms with E-state index in [2.05, 4.69) is 25.0 Å². The maximum absolute atomic E-state index is 13.2. The molecule has 0 saturated carbocycles. The van der Waals surface area contributed by atoms with Crippen LogP contribution in [0.3, 0.4) is 0 Å². The number of nitrogens with one attached hydrogen (secondary N) is 1. The molecule has 1 aliphatic heterocycles. The van der Waals surface area contributed by atoms with Crippen molar-refractivity contribution in [3.8, 4) is 0 Å². The van der Waals surface area contributed by atoms with Crippen LogP contribution in [0.4, 0.5) is 4.39 Å². The van der Waals surface area contributed by atoms with Crippen LogP contribution in [0.5, 0.6) is 0 Å². The Morgan fingerprint density at radius 2 is 2.12 bits per heavy atom. The summed E-state index contributed by atoms with van der Waals surface area (Å²) in [5.41, 5.74) is 3.17. The number of aromatic nitrogens is 4. The fourth-order valence-electron chi connectivity index (χ4n) is 3.14. The van der Waals surface area contributed by atoms with Gasteiger partial charge in [-0.15, -0.1) is 0 Å². The summed E-state index contributed by atoms with van der Waals surface area (Å²) in [6.45, 7) is 5.45. The first kappa shape index (κ1) is 16.0. The van der Waals surface area contributed by atoms with Crippen molar-refractivity contribution in [1.82, 2.24) is 25.0 Å². The first-order chi connectivity index (χ1) is 12.1. The monoisotopic (exact) mass is 341 g/mol. The number of hydrogen-bond donors (Lipinski definition) is 1. The first-order valence-corrected chi connectivity index (χ1v) is 8.43. The zero-order chi connectivity index (χ0) is 17.4. The molecule has 6 nitrogen and oxygen atoms in total. The third kappa shape index (κ3) is 3.19. The summed E-state index contributed by atoms with van der Waals surface area (Å²) < 4.78 is 18.7. The zero-order valence-corrected chi connectivity index (χ0v) is 14.2. The molecule has 1 unspecified atom stereocenters. The van der Waals surface area contributed by atoms with E-state index in [0.29, 0.717) is 31.2 Å². The van der Waals surface area contributed by atoms with Gasteiger partial charge in [-0.2, -0.15) is 4.98 Å². The highest BCUT2D eigenvalue weighted by atomic mass is 19.1. The molecular weight excluding hydrogens is 321 g/mol. The van der Waals surface area contributed by atoms with E-state index in [9.17, 15) is 4.39 Å². The normalized spacial score (nSPS) is 17.8.